The predicted octanol–water partition coefficient (Wildman–Crippen LogP) is 4.49. The zero-order valence-corrected chi connectivity index (χ0v) is 13.8. The van der Waals surface area contributed by atoms with Crippen LogP contribution in [0.5, 0.6) is 0 Å². The summed E-state index contributed by atoms with van der Waals surface area (Å²) in [6.45, 7) is 1.60. The van der Waals surface area contributed by atoms with Crippen molar-refractivity contribution in [2.45, 2.75) is 32.1 Å². The summed E-state index contributed by atoms with van der Waals surface area (Å²) in [7, 11) is 0. The Morgan fingerprint density at radius 1 is 1.12 bits per heavy atom. The molecule has 2 aromatic carbocycles. The molecule has 26 heavy (non-hydrogen) atoms. The molecule has 0 heterocycles. The van der Waals surface area contributed by atoms with E-state index in [-0.39, 0.29) is 24.2 Å². The van der Waals surface area contributed by atoms with Gasteiger partial charge in [-0.15, -0.1) is 0 Å². The fraction of sp³-hybridized carbons (Fsp3) is 0.278. The molecule has 0 aliphatic carbocycles. The summed E-state index contributed by atoms with van der Waals surface area (Å²) in [6, 6.07) is 7.23. The van der Waals surface area contributed by atoms with Crippen molar-refractivity contribution in [1.82, 2.24) is 5.32 Å². The summed E-state index contributed by atoms with van der Waals surface area (Å²) in [5.41, 5.74) is -1.16. The minimum Gasteiger partial charge on any atom is -0.325 e. The summed E-state index contributed by atoms with van der Waals surface area (Å²) < 4.78 is 65.4. The molecule has 0 bridgehead atoms. The molecule has 0 aromatic heterocycles. The first-order valence-electron chi connectivity index (χ1n) is 7.80. The van der Waals surface area contributed by atoms with Gasteiger partial charge in [0, 0.05) is 24.6 Å². The first-order chi connectivity index (χ1) is 12.2. The number of para-hydroxylation sites is 1. The van der Waals surface area contributed by atoms with Crippen molar-refractivity contribution in [3.05, 3.63) is 65.2 Å². The Morgan fingerprint density at radius 2 is 1.81 bits per heavy atom. The molecule has 2 N–H and O–H groups in total. The second-order valence-corrected chi connectivity index (χ2v) is 5.81. The fourth-order valence-corrected chi connectivity index (χ4v) is 2.35. The van der Waals surface area contributed by atoms with Crippen LogP contribution in [-0.4, -0.2) is 11.9 Å². The molecule has 0 aliphatic heterocycles. The number of anilines is 1. The van der Waals surface area contributed by atoms with Gasteiger partial charge in [-0.1, -0.05) is 12.1 Å². The highest BCUT2D eigenvalue weighted by Crippen LogP contribution is 2.34. The minimum atomic E-state index is -4.58. The van der Waals surface area contributed by atoms with Gasteiger partial charge in [0.2, 0.25) is 5.91 Å². The monoisotopic (exact) mass is 372 g/mol. The normalized spacial score (nSPS) is 12.7. The number of amides is 1. The molecule has 1 atom stereocenters. The van der Waals surface area contributed by atoms with Crippen LogP contribution in [0.15, 0.2) is 42.5 Å². The van der Waals surface area contributed by atoms with Crippen LogP contribution >= 0.6 is 0 Å². The number of alkyl halides is 3. The highest BCUT2D eigenvalue weighted by molar-refractivity contribution is 5.92. The van der Waals surface area contributed by atoms with Crippen LogP contribution in [0.3, 0.4) is 0 Å². The van der Waals surface area contributed by atoms with Crippen LogP contribution < -0.4 is 10.6 Å². The van der Waals surface area contributed by atoms with Crippen LogP contribution in [0.4, 0.5) is 27.6 Å². The standard InChI is InChI=1S/C18H17F5N2O/c1-11(24-10-12-9-13(19)6-7-15(12)20)8-17(26)25-16-5-3-2-4-14(16)18(21,22)23/h2-7,9,11,24H,8,10H2,1H3,(H,25,26). The van der Waals surface area contributed by atoms with E-state index in [4.69, 9.17) is 0 Å². The summed E-state index contributed by atoms with van der Waals surface area (Å²) in [4.78, 5) is 12.0. The molecule has 0 saturated carbocycles. The second kappa shape index (κ2) is 8.27. The van der Waals surface area contributed by atoms with Crippen molar-refractivity contribution in [2.75, 3.05) is 5.32 Å². The Bertz CT molecular complexity index is 776. The number of nitrogens with one attached hydrogen (secondary N) is 2. The molecule has 1 amide bonds. The molecular weight excluding hydrogens is 355 g/mol. The van der Waals surface area contributed by atoms with Crippen LogP contribution in [-0.2, 0) is 17.5 Å². The van der Waals surface area contributed by atoms with Gasteiger partial charge in [0.15, 0.2) is 0 Å². The van der Waals surface area contributed by atoms with E-state index in [1.807, 2.05) is 0 Å². The van der Waals surface area contributed by atoms with Gasteiger partial charge in [0.25, 0.3) is 0 Å². The third-order valence-corrected chi connectivity index (χ3v) is 3.65. The van der Waals surface area contributed by atoms with E-state index >= 15 is 0 Å². The van der Waals surface area contributed by atoms with Crippen LogP contribution in [0, 0.1) is 11.6 Å². The Morgan fingerprint density at radius 3 is 2.50 bits per heavy atom. The predicted molar refractivity (Wildman–Crippen MR) is 87.4 cm³/mol. The molecule has 2 aromatic rings. The largest absolute Gasteiger partial charge is 0.418 e. The third-order valence-electron chi connectivity index (χ3n) is 3.65. The summed E-state index contributed by atoms with van der Waals surface area (Å²) >= 11 is 0. The number of hydrogen-bond acceptors (Lipinski definition) is 2. The zero-order valence-electron chi connectivity index (χ0n) is 13.8. The van der Waals surface area contributed by atoms with Gasteiger partial charge in [-0.2, -0.15) is 13.2 Å². The molecular formula is C18H17F5N2O. The Hall–Kier alpha value is -2.48. The minimum absolute atomic E-state index is 0.0167. The number of carbonyl (C=O) groups excluding carboxylic acids is 1. The lowest BCUT2D eigenvalue weighted by Crippen LogP contribution is -2.31. The molecule has 2 rings (SSSR count). The average molecular weight is 372 g/mol. The molecule has 0 saturated heterocycles. The van der Waals surface area contributed by atoms with Crippen molar-refractivity contribution in [3.63, 3.8) is 0 Å². The molecule has 0 spiro atoms. The van der Waals surface area contributed by atoms with Gasteiger partial charge in [0.05, 0.1) is 11.3 Å². The quantitative estimate of drug-likeness (QED) is 0.734. The van der Waals surface area contributed by atoms with Gasteiger partial charge in [-0.25, -0.2) is 8.78 Å². The van der Waals surface area contributed by atoms with E-state index in [9.17, 15) is 26.7 Å². The summed E-state index contributed by atoms with van der Waals surface area (Å²) in [5.74, 6) is -1.80. The first-order valence-corrected chi connectivity index (χ1v) is 7.80. The molecule has 1 unspecified atom stereocenters. The Labute approximate surface area is 147 Å². The maximum Gasteiger partial charge on any atom is 0.418 e. The van der Waals surface area contributed by atoms with Gasteiger partial charge < -0.3 is 10.6 Å². The summed E-state index contributed by atoms with van der Waals surface area (Å²) in [6.07, 6.45) is -4.72. The van der Waals surface area contributed by atoms with Gasteiger partial charge in [-0.05, 0) is 37.3 Å². The smallest absolute Gasteiger partial charge is 0.325 e. The molecule has 0 aliphatic rings. The van der Waals surface area contributed by atoms with Crippen molar-refractivity contribution in [1.29, 1.82) is 0 Å². The van der Waals surface area contributed by atoms with Crippen LogP contribution in [0.2, 0.25) is 0 Å². The average Bonchev–Trinajstić information content (AvgIpc) is 2.55. The van der Waals surface area contributed by atoms with Crippen molar-refractivity contribution < 1.29 is 26.7 Å². The number of hydrogen-bond donors (Lipinski definition) is 2. The maximum atomic E-state index is 13.5. The summed E-state index contributed by atoms with van der Waals surface area (Å²) in [5, 5.41) is 5.07. The lowest BCUT2D eigenvalue weighted by Gasteiger charge is -2.16. The van der Waals surface area contributed by atoms with Crippen molar-refractivity contribution in [3.8, 4) is 0 Å². The molecule has 8 heteroatoms. The lowest BCUT2D eigenvalue weighted by atomic mass is 10.1. The Balaban J connectivity index is 1.93. The fourth-order valence-electron chi connectivity index (χ4n) is 2.35. The first kappa shape index (κ1) is 19.8. The highest BCUT2D eigenvalue weighted by Gasteiger charge is 2.33. The van der Waals surface area contributed by atoms with Gasteiger partial charge >= 0.3 is 6.18 Å². The number of carbonyl (C=O) groups is 1. The molecule has 0 radical (unpaired) electrons. The molecule has 0 fully saturated rings. The zero-order chi connectivity index (χ0) is 19.3. The van der Waals surface area contributed by atoms with E-state index in [0.29, 0.717) is 0 Å². The van der Waals surface area contributed by atoms with Crippen LogP contribution in [0.25, 0.3) is 0 Å². The van der Waals surface area contributed by atoms with Gasteiger partial charge in [-0.3, -0.25) is 4.79 Å². The number of rotatable bonds is 6. The second-order valence-electron chi connectivity index (χ2n) is 5.81. The van der Waals surface area contributed by atoms with Gasteiger partial charge in [0.1, 0.15) is 11.6 Å². The molecule has 140 valence electrons. The van der Waals surface area contributed by atoms with E-state index in [1.165, 1.54) is 18.2 Å². The van der Waals surface area contributed by atoms with E-state index in [0.717, 1.165) is 24.3 Å². The van der Waals surface area contributed by atoms with Crippen molar-refractivity contribution >= 4 is 11.6 Å². The van der Waals surface area contributed by atoms with Crippen molar-refractivity contribution in [2.24, 2.45) is 0 Å². The highest BCUT2D eigenvalue weighted by atomic mass is 19.4. The van der Waals surface area contributed by atoms with E-state index in [2.05, 4.69) is 10.6 Å². The van der Waals surface area contributed by atoms with Crippen LogP contribution in [0.1, 0.15) is 24.5 Å². The molecule has 3 nitrogen and oxygen atoms in total. The Kier molecular flexibility index (Phi) is 6.31. The number of benzene rings is 2. The topological polar surface area (TPSA) is 41.1 Å². The maximum absolute atomic E-state index is 13.5. The third kappa shape index (κ3) is 5.52. The number of halogens is 5. The SMILES string of the molecule is CC(CC(=O)Nc1ccccc1C(F)(F)F)NCc1cc(F)ccc1F. The van der Waals surface area contributed by atoms with E-state index in [1.54, 1.807) is 6.92 Å². The van der Waals surface area contributed by atoms with E-state index < -0.39 is 35.3 Å². The lowest BCUT2D eigenvalue weighted by molar-refractivity contribution is -0.137.